The molecule has 2 aromatic rings. The molecule has 0 aliphatic carbocycles. The SMILES string of the molecule is COc1ccc(C[C@H]2NC(=O)C=CC[C@@H]([C@H](C)[C@@H](O)[C@@H](Cl)c3cccc(C)c3)OC(=O)[C@H](CC(C)C)OC(=O)C(C)(C)CNC2=O)cc1Cl. The topological polar surface area (TPSA) is 140 Å². The second-order valence-electron chi connectivity index (χ2n) is 13.6. The molecule has 0 radical (unpaired) electrons. The number of rotatable bonds is 9. The maximum atomic E-state index is 13.6. The van der Waals surface area contributed by atoms with Gasteiger partial charge < -0.3 is 30.0 Å². The van der Waals surface area contributed by atoms with E-state index < -0.39 is 64.8 Å². The summed E-state index contributed by atoms with van der Waals surface area (Å²) in [7, 11) is 1.49. The molecule has 0 saturated carbocycles. The van der Waals surface area contributed by atoms with E-state index in [0.29, 0.717) is 21.9 Å². The molecule has 0 fully saturated rings. The number of aryl methyl sites for hydroxylation is 1. The normalized spacial score (nSPS) is 22.7. The summed E-state index contributed by atoms with van der Waals surface area (Å²) in [6.45, 7) is 10.4. The van der Waals surface area contributed by atoms with Crippen molar-refractivity contribution in [1.82, 2.24) is 10.6 Å². The van der Waals surface area contributed by atoms with Crippen LogP contribution in [0.3, 0.4) is 0 Å². The Morgan fingerprint density at radius 2 is 1.78 bits per heavy atom. The predicted molar refractivity (Wildman–Crippen MR) is 188 cm³/mol. The minimum atomic E-state index is -1.25. The summed E-state index contributed by atoms with van der Waals surface area (Å²) in [5.41, 5.74) is 1.09. The van der Waals surface area contributed by atoms with Crippen LogP contribution in [0.25, 0.3) is 0 Å². The number of amides is 2. The Hall–Kier alpha value is -3.60. The van der Waals surface area contributed by atoms with Crippen LogP contribution in [0.4, 0.5) is 0 Å². The summed E-state index contributed by atoms with van der Waals surface area (Å²) < 4.78 is 16.9. The molecule has 0 bridgehead atoms. The first-order valence-electron chi connectivity index (χ1n) is 16.4. The first-order chi connectivity index (χ1) is 23.0. The Morgan fingerprint density at radius 3 is 2.41 bits per heavy atom. The largest absolute Gasteiger partial charge is 0.495 e. The highest BCUT2D eigenvalue weighted by molar-refractivity contribution is 6.32. The molecule has 0 spiro atoms. The molecular weight excluding hydrogens is 671 g/mol. The minimum absolute atomic E-state index is 0.0214. The maximum absolute atomic E-state index is 13.6. The van der Waals surface area contributed by atoms with E-state index in [4.69, 9.17) is 37.4 Å². The van der Waals surface area contributed by atoms with Crippen molar-refractivity contribution in [2.24, 2.45) is 17.3 Å². The second-order valence-corrected chi connectivity index (χ2v) is 14.5. The van der Waals surface area contributed by atoms with Gasteiger partial charge in [0.1, 0.15) is 17.9 Å². The number of halogens is 2. The molecule has 0 unspecified atom stereocenters. The first kappa shape index (κ1) is 39.8. The van der Waals surface area contributed by atoms with Crippen molar-refractivity contribution >= 4 is 47.0 Å². The molecule has 0 saturated heterocycles. The van der Waals surface area contributed by atoms with Crippen LogP contribution >= 0.6 is 23.2 Å². The number of hydrogen-bond acceptors (Lipinski definition) is 8. The van der Waals surface area contributed by atoms with Crippen molar-refractivity contribution in [3.8, 4) is 5.75 Å². The molecule has 1 aliphatic rings. The fraction of sp³-hybridized carbons (Fsp3) is 0.514. The number of hydrogen-bond donors (Lipinski definition) is 3. The molecule has 6 atom stereocenters. The van der Waals surface area contributed by atoms with E-state index in [1.54, 1.807) is 39.0 Å². The van der Waals surface area contributed by atoms with Crippen LogP contribution in [0.2, 0.25) is 5.02 Å². The van der Waals surface area contributed by atoms with Crippen molar-refractivity contribution in [1.29, 1.82) is 0 Å². The van der Waals surface area contributed by atoms with Gasteiger partial charge in [-0.05, 0) is 62.4 Å². The summed E-state index contributed by atoms with van der Waals surface area (Å²) in [5.74, 6) is -2.88. The van der Waals surface area contributed by atoms with Crippen LogP contribution in [0, 0.1) is 24.2 Å². The third-order valence-corrected chi connectivity index (χ3v) is 9.24. The van der Waals surface area contributed by atoms with Crippen molar-refractivity contribution in [3.63, 3.8) is 0 Å². The van der Waals surface area contributed by atoms with Crippen LogP contribution < -0.4 is 15.4 Å². The van der Waals surface area contributed by atoms with E-state index in [1.165, 1.54) is 19.3 Å². The highest BCUT2D eigenvalue weighted by atomic mass is 35.5. The van der Waals surface area contributed by atoms with Gasteiger partial charge in [-0.3, -0.25) is 14.4 Å². The molecule has 3 N–H and O–H groups in total. The summed E-state index contributed by atoms with van der Waals surface area (Å²) in [6, 6.07) is 11.5. The van der Waals surface area contributed by atoms with Gasteiger partial charge in [-0.15, -0.1) is 11.6 Å². The molecule has 1 aliphatic heterocycles. The van der Waals surface area contributed by atoms with Gasteiger partial charge in [0.2, 0.25) is 11.8 Å². The first-order valence-corrected chi connectivity index (χ1v) is 17.2. The van der Waals surface area contributed by atoms with Gasteiger partial charge in [-0.25, -0.2) is 4.79 Å². The fourth-order valence-corrected chi connectivity index (χ4v) is 5.99. The van der Waals surface area contributed by atoms with Gasteiger partial charge >= 0.3 is 11.9 Å². The zero-order chi connectivity index (χ0) is 36.5. The zero-order valence-electron chi connectivity index (χ0n) is 29.1. The second kappa shape index (κ2) is 17.9. The smallest absolute Gasteiger partial charge is 0.347 e. The summed E-state index contributed by atoms with van der Waals surface area (Å²) in [6.07, 6.45) is -0.292. The minimum Gasteiger partial charge on any atom is -0.495 e. The number of benzene rings is 2. The Balaban J connectivity index is 1.97. The van der Waals surface area contributed by atoms with Crippen LogP contribution in [-0.4, -0.2) is 66.9 Å². The van der Waals surface area contributed by atoms with E-state index in [9.17, 15) is 24.3 Å². The lowest BCUT2D eigenvalue weighted by atomic mass is 9.90. The standard InChI is InChI=1S/C37H48Cl2N2O8/c1-21(2)16-30-35(45)48-28(23(4)33(43)32(39)25-11-8-10-22(3)17-25)12-9-13-31(42)41-27(19-24-14-15-29(47-7)26(38)18-24)34(44)40-20-37(5,6)36(46)49-30/h8-11,13-15,17-18,21,23,27-28,30,32-33,43H,12,16,19-20H2,1-7H3,(H,40,44)(H,41,42)/t23-,27+,28-,30-,32-,33+/m0/s1. The molecular formula is C37H48Cl2N2O8. The van der Waals surface area contributed by atoms with Crippen LogP contribution in [-0.2, 0) is 35.1 Å². The maximum Gasteiger partial charge on any atom is 0.347 e. The number of esters is 2. The van der Waals surface area contributed by atoms with Crippen molar-refractivity contribution in [2.75, 3.05) is 13.7 Å². The van der Waals surface area contributed by atoms with Crippen LogP contribution in [0.1, 0.15) is 69.5 Å². The van der Waals surface area contributed by atoms with Crippen molar-refractivity contribution < 1.29 is 38.5 Å². The Morgan fingerprint density at radius 1 is 1.06 bits per heavy atom. The van der Waals surface area contributed by atoms with E-state index in [2.05, 4.69) is 10.6 Å². The predicted octanol–water partition coefficient (Wildman–Crippen LogP) is 5.63. The van der Waals surface area contributed by atoms with Gasteiger partial charge in [0, 0.05) is 25.3 Å². The van der Waals surface area contributed by atoms with Crippen LogP contribution in [0.5, 0.6) is 5.75 Å². The molecule has 1 heterocycles. The van der Waals surface area contributed by atoms with Gasteiger partial charge in [0.05, 0.1) is 29.0 Å². The van der Waals surface area contributed by atoms with E-state index in [-0.39, 0.29) is 31.7 Å². The van der Waals surface area contributed by atoms with E-state index in [1.807, 2.05) is 45.0 Å². The summed E-state index contributed by atoms with van der Waals surface area (Å²) >= 11 is 13.0. The lowest BCUT2D eigenvalue weighted by Gasteiger charge is -2.32. The molecule has 10 nitrogen and oxygen atoms in total. The number of aliphatic hydroxyl groups is 1. The van der Waals surface area contributed by atoms with Gasteiger partial charge in [-0.2, -0.15) is 0 Å². The molecule has 268 valence electrons. The van der Waals surface area contributed by atoms with E-state index >= 15 is 0 Å². The van der Waals surface area contributed by atoms with E-state index in [0.717, 1.165) is 5.56 Å². The Bertz CT molecular complexity index is 1510. The number of nitrogens with one attached hydrogen (secondary N) is 2. The van der Waals surface area contributed by atoms with Crippen molar-refractivity contribution in [3.05, 3.63) is 76.3 Å². The highest BCUT2D eigenvalue weighted by Crippen LogP contribution is 2.33. The third-order valence-electron chi connectivity index (χ3n) is 8.43. The van der Waals surface area contributed by atoms with Crippen molar-refractivity contribution in [2.45, 2.75) is 90.5 Å². The highest BCUT2D eigenvalue weighted by Gasteiger charge is 2.38. The summed E-state index contributed by atoms with van der Waals surface area (Å²) in [5, 5.41) is 16.4. The molecule has 0 aromatic heterocycles. The number of ether oxygens (including phenoxy) is 3. The zero-order valence-corrected chi connectivity index (χ0v) is 30.6. The molecule has 2 amide bonds. The third kappa shape index (κ3) is 11.5. The van der Waals surface area contributed by atoms with Gasteiger partial charge in [0.25, 0.3) is 0 Å². The average molecular weight is 720 g/mol. The Labute approximate surface area is 298 Å². The molecule has 3 rings (SSSR count). The lowest BCUT2D eigenvalue weighted by Crippen LogP contribution is -2.51. The van der Waals surface area contributed by atoms with Gasteiger partial charge in [0.15, 0.2) is 6.10 Å². The van der Waals surface area contributed by atoms with Crippen LogP contribution in [0.15, 0.2) is 54.6 Å². The molecule has 2 aromatic carbocycles. The fourth-order valence-electron chi connectivity index (χ4n) is 5.34. The number of methoxy groups -OCH3 is 1. The lowest BCUT2D eigenvalue weighted by molar-refractivity contribution is -0.180. The number of cyclic esters (lactones) is 2. The quantitative estimate of drug-likeness (QED) is 0.224. The monoisotopic (exact) mass is 718 g/mol. The number of aliphatic hydroxyl groups excluding tert-OH is 1. The molecule has 49 heavy (non-hydrogen) atoms. The van der Waals surface area contributed by atoms with Gasteiger partial charge in [-0.1, -0.05) is 74.3 Å². The molecule has 12 heteroatoms. The number of alkyl halides is 1. The average Bonchev–Trinajstić information content (AvgIpc) is 3.04. The number of carbonyl (C=O) groups is 4. The Kier molecular flexibility index (Phi) is 14.5. The number of carbonyl (C=O) groups excluding carboxylic acids is 4. The summed E-state index contributed by atoms with van der Waals surface area (Å²) in [4.78, 5) is 53.7.